The maximum Gasteiger partial charge on any atom is 0.251 e. The molecule has 1 amide bonds. The first kappa shape index (κ1) is 16.5. The van der Waals surface area contributed by atoms with E-state index in [0.29, 0.717) is 12.1 Å². The van der Waals surface area contributed by atoms with Crippen LogP contribution in [0.15, 0.2) is 12.1 Å². The van der Waals surface area contributed by atoms with Crippen LogP contribution in [0.1, 0.15) is 16.8 Å². The monoisotopic (exact) mass is 330 g/mol. The summed E-state index contributed by atoms with van der Waals surface area (Å²) >= 11 is 11.6. The summed E-state index contributed by atoms with van der Waals surface area (Å²) in [6, 6.07) is 3.03. The summed E-state index contributed by atoms with van der Waals surface area (Å²) < 4.78 is 0. The molecule has 21 heavy (non-hydrogen) atoms. The van der Waals surface area contributed by atoms with Crippen molar-refractivity contribution in [2.45, 2.75) is 6.42 Å². The van der Waals surface area contributed by atoms with E-state index >= 15 is 0 Å². The van der Waals surface area contributed by atoms with E-state index in [0.717, 1.165) is 39.1 Å². The van der Waals surface area contributed by atoms with E-state index in [1.54, 1.807) is 0 Å². The Hall–Kier alpha value is -0.880. The molecule has 116 valence electrons. The summed E-state index contributed by atoms with van der Waals surface area (Å²) in [4.78, 5) is 20.5. The van der Waals surface area contributed by atoms with E-state index < -0.39 is 0 Å². The molecule has 7 heteroatoms. The van der Waals surface area contributed by atoms with Crippen molar-refractivity contribution >= 4 is 29.1 Å². The minimum Gasteiger partial charge on any atom is -0.352 e. The van der Waals surface area contributed by atoms with E-state index in [1.807, 2.05) is 0 Å². The van der Waals surface area contributed by atoms with Gasteiger partial charge in [-0.3, -0.25) is 4.79 Å². The lowest BCUT2D eigenvalue weighted by atomic mass is 10.2. The van der Waals surface area contributed by atoms with Gasteiger partial charge in [-0.05, 0) is 32.1 Å². The molecule has 2 heterocycles. The molecule has 0 atom stereocenters. The minimum atomic E-state index is -0.167. The van der Waals surface area contributed by atoms with Crippen molar-refractivity contribution < 1.29 is 4.79 Å². The number of hydrogen-bond acceptors (Lipinski definition) is 4. The molecular formula is C14H20Cl2N4O. The second-order valence-electron chi connectivity index (χ2n) is 5.26. The van der Waals surface area contributed by atoms with E-state index in [1.165, 1.54) is 12.1 Å². The summed E-state index contributed by atoms with van der Waals surface area (Å²) in [5, 5.41) is 3.33. The van der Waals surface area contributed by atoms with E-state index in [2.05, 4.69) is 27.1 Å². The number of likely N-dealkylation sites (N-methyl/N-ethyl adjacent to an activating group) is 1. The Morgan fingerprint density at radius 1 is 1.24 bits per heavy atom. The lowest BCUT2D eigenvalue weighted by molar-refractivity contribution is 0.0949. The first-order valence-electron chi connectivity index (χ1n) is 7.07. The van der Waals surface area contributed by atoms with Crippen LogP contribution in [0.5, 0.6) is 0 Å². The van der Waals surface area contributed by atoms with Crippen LogP contribution in [-0.4, -0.2) is 67.0 Å². The van der Waals surface area contributed by atoms with Gasteiger partial charge in [-0.2, -0.15) is 0 Å². The molecule has 5 nitrogen and oxygen atoms in total. The second kappa shape index (κ2) is 7.94. The van der Waals surface area contributed by atoms with E-state index in [9.17, 15) is 4.79 Å². The number of nitrogens with one attached hydrogen (secondary N) is 1. The van der Waals surface area contributed by atoms with Crippen LogP contribution in [0.2, 0.25) is 10.3 Å². The number of pyridine rings is 1. The molecule has 1 aromatic heterocycles. The standard InChI is InChI=1S/C14H20Cl2N4O/c1-19-5-7-20(8-6-19)4-2-3-17-14(21)11-9-12(15)18-13(16)10-11/h9-10H,2-8H2,1H3,(H,17,21). The van der Waals surface area contributed by atoms with Gasteiger partial charge >= 0.3 is 0 Å². The van der Waals surface area contributed by atoms with Crippen molar-refractivity contribution in [1.29, 1.82) is 0 Å². The zero-order valence-corrected chi connectivity index (χ0v) is 13.6. The topological polar surface area (TPSA) is 48.5 Å². The molecule has 1 aliphatic rings. The van der Waals surface area contributed by atoms with Crippen LogP contribution in [0.4, 0.5) is 0 Å². The highest BCUT2D eigenvalue weighted by Gasteiger charge is 2.13. The Kier molecular flexibility index (Phi) is 6.23. The van der Waals surface area contributed by atoms with Gasteiger partial charge in [0.2, 0.25) is 0 Å². The van der Waals surface area contributed by atoms with Gasteiger partial charge in [0.15, 0.2) is 0 Å². The molecule has 1 saturated heterocycles. The first-order chi connectivity index (χ1) is 10.0. The largest absolute Gasteiger partial charge is 0.352 e. The van der Waals surface area contributed by atoms with Gasteiger partial charge in [0.25, 0.3) is 5.91 Å². The number of carbonyl (C=O) groups is 1. The summed E-state index contributed by atoms with van der Waals surface area (Å²) in [6.07, 6.45) is 0.933. The maximum atomic E-state index is 12.0. The summed E-state index contributed by atoms with van der Waals surface area (Å²) in [7, 11) is 2.14. The molecular weight excluding hydrogens is 311 g/mol. The molecule has 1 aliphatic heterocycles. The SMILES string of the molecule is CN1CCN(CCCNC(=O)c2cc(Cl)nc(Cl)c2)CC1. The highest BCUT2D eigenvalue weighted by Crippen LogP contribution is 2.14. The van der Waals surface area contributed by atoms with Crippen molar-refractivity contribution in [2.24, 2.45) is 0 Å². The van der Waals surface area contributed by atoms with Crippen molar-refractivity contribution in [2.75, 3.05) is 46.3 Å². The lowest BCUT2D eigenvalue weighted by Gasteiger charge is -2.32. The average molecular weight is 331 g/mol. The van der Waals surface area contributed by atoms with Gasteiger partial charge in [-0.15, -0.1) is 0 Å². The van der Waals surface area contributed by atoms with Crippen molar-refractivity contribution in [3.8, 4) is 0 Å². The Labute approximate surface area is 135 Å². The molecule has 1 fully saturated rings. The fourth-order valence-electron chi connectivity index (χ4n) is 2.27. The molecule has 0 spiro atoms. The van der Waals surface area contributed by atoms with E-state index in [-0.39, 0.29) is 16.2 Å². The summed E-state index contributed by atoms with van der Waals surface area (Å²) in [5.74, 6) is -0.167. The smallest absolute Gasteiger partial charge is 0.251 e. The molecule has 0 radical (unpaired) electrons. The molecule has 1 N–H and O–H groups in total. The molecule has 1 aromatic rings. The molecule has 0 unspecified atom stereocenters. The van der Waals surface area contributed by atoms with Crippen LogP contribution in [-0.2, 0) is 0 Å². The summed E-state index contributed by atoms with van der Waals surface area (Å²) in [6.45, 7) is 6.06. The molecule has 0 aromatic carbocycles. The van der Waals surface area contributed by atoms with Crippen LogP contribution >= 0.6 is 23.2 Å². The van der Waals surface area contributed by atoms with Crippen LogP contribution in [0, 0.1) is 0 Å². The Bertz CT molecular complexity index is 470. The van der Waals surface area contributed by atoms with Crippen LogP contribution in [0.3, 0.4) is 0 Å². The number of amides is 1. The molecule has 0 aliphatic carbocycles. The Morgan fingerprint density at radius 3 is 2.48 bits per heavy atom. The average Bonchev–Trinajstić information content (AvgIpc) is 2.44. The van der Waals surface area contributed by atoms with Gasteiger partial charge in [0.05, 0.1) is 0 Å². The second-order valence-corrected chi connectivity index (χ2v) is 6.03. The number of piperazine rings is 1. The Morgan fingerprint density at radius 2 is 1.86 bits per heavy atom. The zero-order valence-electron chi connectivity index (χ0n) is 12.1. The third-order valence-electron chi connectivity index (χ3n) is 3.56. The molecule has 2 rings (SSSR count). The number of hydrogen-bond donors (Lipinski definition) is 1. The predicted molar refractivity (Wildman–Crippen MR) is 85.1 cm³/mol. The number of nitrogens with zero attached hydrogens (tertiary/aromatic N) is 3. The fourth-order valence-corrected chi connectivity index (χ4v) is 2.73. The quantitative estimate of drug-likeness (QED) is 0.660. The van der Waals surface area contributed by atoms with Gasteiger partial charge in [-0.1, -0.05) is 23.2 Å². The van der Waals surface area contributed by atoms with E-state index in [4.69, 9.17) is 23.2 Å². The van der Waals surface area contributed by atoms with Gasteiger partial charge < -0.3 is 15.1 Å². The number of rotatable bonds is 5. The normalized spacial score (nSPS) is 16.9. The van der Waals surface area contributed by atoms with Crippen molar-refractivity contribution in [1.82, 2.24) is 20.1 Å². The highest BCUT2D eigenvalue weighted by atomic mass is 35.5. The summed E-state index contributed by atoms with van der Waals surface area (Å²) in [5.41, 5.74) is 0.444. The first-order valence-corrected chi connectivity index (χ1v) is 7.82. The Balaban J connectivity index is 1.69. The molecule has 0 bridgehead atoms. The third-order valence-corrected chi connectivity index (χ3v) is 3.94. The predicted octanol–water partition coefficient (Wildman–Crippen LogP) is 1.76. The van der Waals surface area contributed by atoms with Gasteiger partial charge in [0.1, 0.15) is 10.3 Å². The highest BCUT2D eigenvalue weighted by molar-refractivity contribution is 6.33. The fraction of sp³-hybridized carbons (Fsp3) is 0.571. The zero-order chi connectivity index (χ0) is 15.2. The molecule has 0 saturated carbocycles. The van der Waals surface area contributed by atoms with Crippen LogP contribution in [0.25, 0.3) is 0 Å². The van der Waals surface area contributed by atoms with Crippen LogP contribution < -0.4 is 5.32 Å². The van der Waals surface area contributed by atoms with Gasteiger partial charge in [0, 0.05) is 38.3 Å². The number of aromatic nitrogens is 1. The van der Waals surface area contributed by atoms with Gasteiger partial charge in [-0.25, -0.2) is 4.98 Å². The number of carbonyl (C=O) groups excluding carboxylic acids is 1. The minimum absolute atomic E-state index is 0.167. The number of halogens is 2. The van der Waals surface area contributed by atoms with Crippen molar-refractivity contribution in [3.63, 3.8) is 0 Å². The third kappa shape index (κ3) is 5.43. The maximum absolute atomic E-state index is 12.0. The lowest BCUT2D eigenvalue weighted by Crippen LogP contribution is -2.45. The van der Waals surface area contributed by atoms with Crippen molar-refractivity contribution in [3.05, 3.63) is 28.0 Å².